The van der Waals surface area contributed by atoms with Crippen LogP contribution in [0.4, 0.5) is 11.6 Å². The molecule has 3 N–H and O–H groups in total. The molecule has 1 saturated heterocycles. The van der Waals surface area contributed by atoms with E-state index in [2.05, 4.69) is 27.2 Å². The highest BCUT2D eigenvalue weighted by atomic mass is 16.5. The summed E-state index contributed by atoms with van der Waals surface area (Å²) < 4.78 is 5.68. The zero-order valence-corrected chi connectivity index (χ0v) is 11.9. The Bertz CT molecular complexity index is 437. The number of hydrogen-bond donors (Lipinski definition) is 2. The van der Waals surface area contributed by atoms with Gasteiger partial charge in [-0.25, -0.2) is 15.8 Å². The molecule has 2 rings (SSSR count). The molecule has 19 heavy (non-hydrogen) atoms. The molecule has 6 heteroatoms. The lowest BCUT2D eigenvalue weighted by Crippen LogP contribution is -2.32. The standard InChI is InChI=1S/C13H23N5O/c1-4-11-15-12(17-14)10(3)13(16-11)18-6-5-7-19-9(2)8-18/h9H,4-8,14H2,1-3H3,(H,15,16,17). The molecule has 1 aliphatic rings. The van der Waals surface area contributed by atoms with E-state index in [0.29, 0.717) is 5.82 Å². The molecule has 1 aliphatic heterocycles. The molecule has 1 atom stereocenters. The second-order valence-electron chi connectivity index (χ2n) is 4.92. The Morgan fingerprint density at radius 1 is 1.47 bits per heavy atom. The van der Waals surface area contributed by atoms with Crippen LogP contribution >= 0.6 is 0 Å². The Balaban J connectivity index is 2.36. The summed E-state index contributed by atoms with van der Waals surface area (Å²) in [6, 6.07) is 0. The number of aryl methyl sites for hydroxylation is 1. The van der Waals surface area contributed by atoms with E-state index in [9.17, 15) is 0 Å². The summed E-state index contributed by atoms with van der Waals surface area (Å²) in [6.07, 6.45) is 2.03. The molecular formula is C13H23N5O. The molecule has 0 spiro atoms. The fourth-order valence-electron chi connectivity index (χ4n) is 2.34. The van der Waals surface area contributed by atoms with Crippen molar-refractivity contribution in [2.45, 2.75) is 39.7 Å². The van der Waals surface area contributed by atoms with Crippen molar-refractivity contribution in [1.82, 2.24) is 9.97 Å². The van der Waals surface area contributed by atoms with E-state index in [1.807, 2.05) is 13.8 Å². The number of nitrogens with zero attached hydrogens (tertiary/aromatic N) is 3. The van der Waals surface area contributed by atoms with E-state index in [0.717, 1.165) is 49.7 Å². The quantitative estimate of drug-likeness (QED) is 0.633. The van der Waals surface area contributed by atoms with Crippen LogP contribution in [0.1, 0.15) is 31.7 Å². The predicted molar refractivity (Wildman–Crippen MR) is 76.2 cm³/mol. The summed E-state index contributed by atoms with van der Waals surface area (Å²) in [5, 5.41) is 0. The molecule has 1 unspecified atom stereocenters. The molecule has 2 heterocycles. The van der Waals surface area contributed by atoms with Crippen LogP contribution < -0.4 is 16.2 Å². The van der Waals surface area contributed by atoms with Crippen LogP contribution in [0.25, 0.3) is 0 Å². The Labute approximate surface area is 114 Å². The van der Waals surface area contributed by atoms with Gasteiger partial charge in [-0.1, -0.05) is 6.92 Å². The van der Waals surface area contributed by atoms with Crippen LogP contribution in [-0.4, -0.2) is 35.8 Å². The van der Waals surface area contributed by atoms with Gasteiger partial charge in [0.2, 0.25) is 0 Å². The summed E-state index contributed by atoms with van der Waals surface area (Å²) in [5.74, 6) is 8.04. The highest BCUT2D eigenvalue weighted by molar-refractivity contribution is 5.58. The zero-order chi connectivity index (χ0) is 13.8. The lowest BCUT2D eigenvalue weighted by molar-refractivity contribution is 0.0820. The first-order valence-corrected chi connectivity index (χ1v) is 6.86. The third kappa shape index (κ3) is 3.13. The fourth-order valence-corrected chi connectivity index (χ4v) is 2.34. The number of nitrogen functional groups attached to an aromatic ring is 1. The Morgan fingerprint density at radius 2 is 2.26 bits per heavy atom. The third-order valence-electron chi connectivity index (χ3n) is 3.37. The lowest BCUT2D eigenvalue weighted by atomic mass is 10.2. The molecule has 1 fully saturated rings. The monoisotopic (exact) mass is 265 g/mol. The highest BCUT2D eigenvalue weighted by Crippen LogP contribution is 2.24. The van der Waals surface area contributed by atoms with Gasteiger partial charge in [0, 0.05) is 31.7 Å². The summed E-state index contributed by atoms with van der Waals surface area (Å²) in [7, 11) is 0. The van der Waals surface area contributed by atoms with Crippen LogP contribution in [-0.2, 0) is 11.2 Å². The fraction of sp³-hybridized carbons (Fsp3) is 0.692. The minimum absolute atomic E-state index is 0.219. The number of aromatic nitrogens is 2. The minimum atomic E-state index is 0.219. The van der Waals surface area contributed by atoms with E-state index in [1.54, 1.807) is 0 Å². The zero-order valence-electron chi connectivity index (χ0n) is 11.9. The second-order valence-corrected chi connectivity index (χ2v) is 4.92. The summed E-state index contributed by atoms with van der Waals surface area (Å²) >= 11 is 0. The highest BCUT2D eigenvalue weighted by Gasteiger charge is 2.20. The van der Waals surface area contributed by atoms with Crippen molar-refractivity contribution < 1.29 is 4.74 Å². The van der Waals surface area contributed by atoms with Crippen molar-refractivity contribution in [3.05, 3.63) is 11.4 Å². The molecule has 0 aromatic carbocycles. The van der Waals surface area contributed by atoms with Gasteiger partial charge in [-0.2, -0.15) is 0 Å². The van der Waals surface area contributed by atoms with Crippen LogP contribution in [0.5, 0.6) is 0 Å². The minimum Gasteiger partial charge on any atom is -0.377 e. The van der Waals surface area contributed by atoms with Crippen molar-refractivity contribution in [3.63, 3.8) is 0 Å². The number of rotatable bonds is 3. The predicted octanol–water partition coefficient (Wildman–Crippen LogP) is 1.25. The topological polar surface area (TPSA) is 76.3 Å². The van der Waals surface area contributed by atoms with Gasteiger partial charge in [-0.3, -0.25) is 0 Å². The summed E-state index contributed by atoms with van der Waals surface area (Å²) in [6.45, 7) is 8.76. The van der Waals surface area contributed by atoms with E-state index in [1.165, 1.54) is 0 Å². The van der Waals surface area contributed by atoms with E-state index in [-0.39, 0.29) is 6.10 Å². The lowest BCUT2D eigenvalue weighted by Gasteiger charge is -2.26. The van der Waals surface area contributed by atoms with Crippen molar-refractivity contribution in [3.8, 4) is 0 Å². The maximum absolute atomic E-state index is 5.68. The van der Waals surface area contributed by atoms with Gasteiger partial charge >= 0.3 is 0 Å². The number of nitrogens with one attached hydrogen (secondary N) is 1. The summed E-state index contributed by atoms with van der Waals surface area (Å²) in [5.41, 5.74) is 3.66. The van der Waals surface area contributed by atoms with Gasteiger partial charge in [0.05, 0.1) is 6.10 Å². The maximum atomic E-state index is 5.68. The molecule has 0 bridgehead atoms. The Morgan fingerprint density at radius 3 is 2.95 bits per heavy atom. The van der Waals surface area contributed by atoms with E-state index < -0.39 is 0 Å². The van der Waals surface area contributed by atoms with E-state index in [4.69, 9.17) is 10.6 Å². The van der Waals surface area contributed by atoms with Crippen LogP contribution in [0, 0.1) is 6.92 Å². The normalized spacial score (nSPS) is 20.2. The van der Waals surface area contributed by atoms with Crippen molar-refractivity contribution in [1.29, 1.82) is 0 Å². The van der Waals surface area contributed by atoms with Crippen molar-refractivity contribution in [2.24, 2.45) is 5.84 Å². The van der Waals surface area contributed by atoms with Gasteiger partial charge in [0.15, 0.2) is 0 Å². The molecule has 0 aliphatic carbocycles. The van der Waals surface area contributed by atoms with Crippen LogP contribution in [0.3, 0.4) is 0 Å². The van der Waals surface area contributed by atoms with Gasteiger partial charge in [0.1, 0.15) is 17.5 Å². The first-order chi connectivity index (χ1) is 9.15. The third-order valence-corrected chi connectivity index (χ3v) is 3.37. The first-order valence-electron chi connectivity index (χ1n) is 6.86. The molecule has 1 aromatic rings. The number of anilines is 2. The molecule has 106 valence electrons. The molecule has 1 aromatic heterocycles. The van der Waals surface area contributed by atoms with Gasteiger partial charge in [-0.05, 0) is 20.3 Å². The molecule has 6 nitrogen and oxygen atoms in total. The van der Waals surface area contributed by atoms with Gasteiger partial charge in [0.25, 0.3) is 0 Å². The smallest absolute Gasteiger partial charge is 0.148 e. The van der Waals surface area contributed by atoms with Crippen LogP contribution in [0.2, 0.25) is 0 Å². The Hall–Kier alpha value is -1.40. The number of hydrazine groups is 1. The van der Waals surface area contributed by atoms with Gasteiger partial charge in [-0.15, -0.1) is 0 Å². The molecule has 0 saturated carbocycles. The van der Waals surface area contributed by atoms with Crippen LogP contribution in [0.15, 0.2) is 0 Å². The SMILES string of the molecule is CCc1nc(NN)c(C)c(N2CCCOC(C)C2)n1. The Kier molecular flexibility index (Phi) is 4.55. The number of hydrogen-bond acceptors (Lipinski definition) is 6. The first kappa shape index (κ1) is 14.0. The maximum Gasteiger partial charge on any atom is 0.148 e. The second kappa shape index (κ2) is 6.16. The molecule has 0 radical (unpaired) electrons. The van der Waals surface area contributed by atoms with Crippen molar-refractivity contribution in [2.75, 3.05) is 30.0 Å². The van der Waals surface area contributed by atoms with E-state index >= 15 is 0 Å². The molecular weight excluding hydrogens is 242 g/mol. The number of ether oxygens (including phenoxy) is 1. The average molecular weight is 265 g/mol. The van der Waals surface area contributed by atoms with Crippen molar-refractivity contribution >= 4 is 11.6 Å². The average Bonchev–Trinajstić information content (AvgIpc) is 2.63. The largest absolute Gasteiger partial charge is 0.377 e. The summed E-state index contributed by atoms with van der Waals surface area (Å²) in [4.78, 5) is 11.3. The molecule has 0 amide bonds. The van der Waals surface area contributed by atoms with Gasteiger partial charge < -0.3 is 15.1 Å². The number of nitrogens with two attached hydrogens (primary N) is 1.